The molecule has 2 unspecified atom stereocenters. The maximum Gasteiger partial charge on any atom is 0.0203 e. The van der Waals surface area contributed by atoms with Crippen molar-refractivity contribution in [2.45, 2.75) is 24.6 Å². The Labute approximate surface area is 86.7 Å². The Bertz CT molecular complexity index is 99.1. The van der Waals surface area contributed by atoms with Crippen LogP contribution in [-0.2, 0) is 0 Å². The third kappa shape index (κ3) is 7.28. The first-order valence-corrected chi connectivity index (χ1v) is 5.52. The Balaban J connectivity index is 3.54. The van der Waals surface area contributed by atoms with Crippen LogP contribution < -0.4 is 10.6 Å². The topological polar surface area (TPSA) is 24.1 Å². The zero-order valence-corrected chi connectivity index (χ0v) is 9.67. The summed E-state index contributed by atoms with van der Waals surface area (Å²) in [5.41, 5.74) is 0. The van der Waals surface area contributed by atoms with Gasteiger partial charge in [0.2, 0.25) is 0 Å². The number of thiol groups is 2. The number of nitrogens with one attached hydrogen (secondary N) is 2. The second-order valence-electron chi connectivity index (χ2n) is 3.02. The summed E-state index contributed by atoms with van der Waals surface area (Å²) in [5.74, 6) is 0.890. The predicted octanol–water partition coefficient (Wildman–Crippen LogP) is 0.802. The third-order valence-electron chi connectivity index (χ3n) is 1.62. The van der Waals surface area contributed by atoms with E-state index in [0.29, 0.717) is 11.3 Å². The van der Waals surface area contributed by atoms with Crippen LogP contribution in [0.3, 0.4) is 0 Å². The van der Waals surface area contributed by atoms with Crippen LogP contribution in [-0.4, -0.2) is 37.2 Å². The maximum atomic E-state index is 4.37. The summed E-state index contributed by atoms with van der Waals surface area (Å²) in [6, 6.07) is 0.523. The van der Waals surface area contributed by atoms with Gasteiger partial charge in [0.05, 0.1) is 0 Å². The molecule has 0 fully saturated rings. The zero-order valence-electron chi connectivity index (χ0n) is 7.88. The summed E-state index contributed by atoms with van der Waals surface area (Å²) in [6.45, 7) is 4.09. The van der Waals surface area contributed by atoms with E-state index < -0.39 is 0 Å². The van der Waals surface area contributed by atoms with Crippen molar-refractivity contribution in [1.82, 2.24) is 10.6 Å². The van der Waals surface area contributed by atoms with E-state index in [2.05, 4.69) is 42.8 Å². The lowest BCUT2D eigenvalue weighted by Gasteiger charge is -2.19. The molecular formula is C8H20N2S2. The Hall–Kier alpha value is 0.620. The average Bonchev–Trinajstić information content (AvgIpc) is 2.00. The Morgan fingerprint density at radius 3 is 2.50 bits per heavy atom. The van der Waals surface area contributed by atoms with Gasteiger partial charge >= 0.3 is 0 Å². The fourth-order valence-electron chi connectivity index (χ4n) is 1.17. The van der Waals surface area contributed by atoms with Gasteiger partial charge in [-0.3, -0.25) is 0 Å². The van der Waals surface area contributed by atoms with E-state index in [1.807, 2.05) is 7.05 Å². The number of hydrogen-bond donors (Lipinski definition) is 4. The van der Waals surface area contributed by atoms with Crippen molar-refractivity contribution in [2.24, 2.45) is 0 Å². The van der Waals surface area contributed by atoms with Crippen LogP contribution in [0, 0.1) is 0 Å². The number of likely N-dealkylation sites (N-methyl/N-ethyl adjacent to an activating group) is 1. The van der Waals surface area contributed by atoms with Crippen molar-refractivity contribution in [3.05, 3.63) is 0 Å². The minimum Gasteiger partial charge on any atom is -0.318 e. The fraction of sp³-hybridized carbons (Fsp3) is 1.00. The van der Waals surface area contributed by atoms with Gasteiger partial charge in [0, 0.05) is 30.1 Å². The van der Waals surface area contributed by atoms with Crippen molar-refractivity contribution in [3.63, 3.8) is 0 Å². The van der Waals surface area contributed by atoms with Gasteiger partial charge in [-0.15, -0.1) is 0 Å². The highest BCUT2D eigenvalue weighted by Gasteiger charge is 2.08. The summed E-state index contributed by atoms with van der Waals surface area (Å²) < 4.78 is 0. The first-order chi connectivity index (χ1) is 5.70. The minimum absolute atomic E-state index is 0.454. The van der Waals surface area contributed by atoms with Gasteiger partial charge < -0.3 is 10.6 Å². The van der Waals surface area contributed by atoms with Gasteiger partial charge in [-0.2, -0.15) is 25.3 Å². The molecule has 0 saturated heterocycles. The third-order valence-corrected chi connectivity index (χ3v) is 2.06. The molecule has 2 N–H and O–H groups in total. The second-order valence-corrected chi connectivity index (χ2v) is 4.35. The molecule has 0 radical (unpaired) electrons. The lowest BCUT2D eigenvalue weighted by atomic mass is 10.1. The molecule has 2 nitrogen and oxygen atoms in total. The largest absolute Gasteiger partial charge is 0.318 e. The van der Waals surface area contributed by atoms with E-state index in [0.717, 1.165) is 25.3 Å². The van der Waals surface area contributed by atoms with Gasteiger partial charge in [0.1, 0.15) is 0 Å². The standard InChI is InChI=1S/C8H20N2S2/c1-7(12)5-8(6-9-2)10-3-4-11/h7-12H,3-6H2,1-2H3. The van der Waals surface area contributed by atoms with Crippen molar-refractivity contribution >= 4 is 25.3 Å². The SMILES string of the molecule is CNCC(CC(C)S)NCCS. The van der Waals surface area contributed by atoms with Crippen LogP contribution >= 0.6 is 25.3 Å². The van der Waals surface area contributed by atoms with Gasteiger partial charge in [-0.05, 0) is 13.5 Å². The average molecular weight is 208 g/mol. The molecule has 74 valence electrons. The summed E-state index contributed by atoms with van der Waals surface area (Å²) in [7, 11) is 1.97. The van der Waals surface area contributed by atoms with E-state index in [1.54, 1.807) is 0 Å². The zero-order chi connectivity index (χ0) is 9.40. The van der Waals surface area contributed by atoms with Crippen molar-refractivity contribution in [2.75, 3.05) is 25.9 Å². The van der Waals surface area contributed by atoms with E-state index in [9.17, 15) is 0 Å². The molecule has 4 heteroatoms. The highest BCUT2D eigenvalue weighted by Crippen LogP contribution is 2.03. The summed E-state index contributed by atoms with van der Waals surface area (Å²) in [5, 5.41) is 7.03. The molecule has 0 aliphatic rings. The normalized spacial score (nSPS) is 16.0. The Morgan fingerprint density at radius 2 is 2.08 bits per heavy atom. The van der Waals surface area contributed by atoms with Crippen LogP contribution in [0.5, 0.6) is 0 Å². The smallest absolute Gasteiger partial charge is 0.0203 e. The van der Waals surface area contributed by atoms with Gasteiger partial charge in [0.15, 0.2) is 0 Å². The highest BCUT2D eigenvalue weighted by molar-refractivity contribution is 7.80. The Morgan fingerprint density at radius 1 is 1.42 bits per heavy atom. The Kier molecular flexibility index (Phi) is 8.65. The van der Waals surface area contributed by atoms with Gasteiger partial charge in [0.25, 0.3) is 0 Å². The molecular weight excluding hydrogens is 188 g/mol. The van der Waals surface area contributed by atoms with Crippen LogP contribution in [0.1, 0.15) is 13.3 Å². The molecule has 0 saturated carbocycles. The molecule has 12 heavy (non-hydrogen) atoms. The van der Waals surface area contributed by atoms with E-state index >= 15 is 0 Å². The molecule has 0 aromatic rings. The van der Waals surface area contributed by atoms with Crippen LogP contribution in [0.15, 0.2) is 0 Å². The molecule has 0 aromatic heterocycles. The van der Waals surface area contributed by atoms with Crippen molar-refractivity contribution < 1.29 is 0 Å². The molecule has 0 rings (SSSR count). The fourth-order valence-corrected chi connectivity index (χ4v) is 1.55. The second kappa shape index (κ2) is 8.23. The summed E-state index contributed by atoms with van der Waals surface area (Å²) >= 11 is 8.52. The molecule has 0 amide bonds. The number of hydrogen-bond acceptors (Lipinski definition) is 4. The molecule has 0 aliphatic carbocycles. The maximum absolute atomic E-state index is 4.37. The molecule has 2 atom stereocenters. The molecule has 0 bridgehead atoms. The van der Waals surface area contributed by atoms with Crippen LogP contribution in [0.2, 0.25) is 0 Å². The predicted molar refractivity (Wildman–Crippen MR) is 62.6 cm³/mol. The quantitative estimate of drug-likeness (QED) is 0.465. The molecule has 0 aliphatic heterocycles. The lowest BCUT2D eigenvalue weighted by molar-refractivity contribution is 0.476. The van der Waals surface area contributed by atoms with Crippen molar-refractivity contribution in [1.29, 1.82) is 0 Å². The van der Waals surface area contributed by atoms with Crippen LogP contribution in [0.25, 0.3) is 0 Å². The van der Waals surface area contributed by atoms with E-state index in [-0.39, 0.29) is 0 Å². The van der Waals surface area contributed by atoms with Gasteiger partial charge in [-0.25, -0.2) is 0 Å². The van der Waals surface area contributed by atoms with Crippen LogP contribution in [0.4, 0.5) is 0 Å². The first-order valence-electron chi connectivity index (χ1n) is 4.37. The lowest BCUT2D eigenvalue weighted by Crippen LogP contribution is -2.39. The van der Waals surface area contributed by atoms with E-state index in [4.69, 9.17) is 0 Å². The monoisotopic (exact) mass is 208 g/mol. The summed E-state index contributed by atoms with van der Waals surface area (Å²) in [6.07, 6.45) is 1.09. The molecule has 0 heterocycles. The first kappa shape index (κ1) is 12.6. The summed E-state index contributed by atoms with van der Waals surface area (Å²) in [4.78, 5) is 0. The molecule has 0 spiro atoms. The number of rotatable bonds is 7. The highest BCUT2D eigenvalue weighted by atomic mass is 32.1. The minimum atomic E-state index is 0.454. The van der Waals surface area contributed by atoms with E-state index in [1.165, 1.54) is 0 Å². The van der Waals surface area contributed by atoms with Gasteiger partial charge in [-0.1, -0.05) is 6.92 Å². The van der Waals surface area contributed by atoms with Crippen molar-refractivity contribution in [3.8, 4) is 0 Å². The molecule has 0 aromatic carbocycles.